The van der Waals surface area contributed by atoms with Gasteiger partial charge in [0.15, 0.2) is 0 Å². The molecule has 0 aromatic carbocycles. The summed E-state index contributed by atoms with van der Waals surface area (Å²) in [6.07, 6.45) is 2.53. The minimum Gasteiger partial charge on any atom is -0.480 e. The molecule has 0 bridgehead atoms. The van der Waals surface area contributed by atoms with Gasteiger partial charge in [-0.2, -0.15) is 0 Å². The molecular formula is C8H16N2O4S. The SMILES string of the molecule is CS(=O)(=O)N1CCC(NCC(=O)O)CC1. The van der Waals surface area contributed by atoms with Gasteiger partial charge in [-0.25, -0.2) is 12.7 Å². The summed E-state index contributed by atoms with van der Waals surface area (Å²) in [5.41, 5.74) is 0. The number of nitrogens with zero attached hydrogens (tertiary/aromatic N) is 1. The zero-order valence-electron chi connectivity index (χ0n) is 8.64. The van der Waals surface area contributed by atoms with E-state index < -0.39 is 16.0 Å². The molecule has 88 valence electrons. The Balaban J connectivity index is 2.33. The molecule has 2 N–H and O–H groups in total. The van der Waals surface area contributed by atoms with Crippen molar-refractivity contribution in [2.45, 2.75) is 18.9 Å². The van der Waals surface area contributed by atoms with Crippen LogP contribution in [0.2, 0.25) is 0 Å². The van der Waals surface area contributed by atoms with E-state index in [0.717, 1.165) is 0 Å². The van der Waals surface area contributed by atoms with Gasteiger partial charge < -0.3 is 10.4 Å². The molecule has 0 atom stereocenters. The van der Waals surface area contributed by atoms with Crippen molar-refractivity contribution < 1.29 is 18.3 Å². The van der Waals surface area contributed by atoms with Gasteiger partial charge in [-0.3, -0.25) is 4.79 Å². The molecule has 0 radical (unpaired) electrons. The molecular weight excluding hydrogens is 220 g/mol. The number of hydrogen-bond acceptors (Lipinski definition) is 4. The molecule has 15 heavy (non-hydrogen) atoms. The summed E-state index contributed by atoms with van der Waals surface area (Å²) in [6, 6.07) is 0.110. The number of carbonyl (C=O) groups is 1. The van der Waals surface area contributed by atoms with Crippen LogP contribution in [0.15, 0.2) is 0 Å². The number of rotatable bonds is 4. The summed E-state index contributed by atoms with van der Waals surface area (Å²) >= 11 is 0. The average Bonchev–Trinajstić information content (AvgIpc) is 2.14. The van der Waals surface area contributed by atoms with E-state index in [-0.39, 0.29) is 12.6 Å². The summed E-state index contributed by atoms with van der Waals surface area (Å²) in [6.45, 7) is 0.871. The fourth-order valence-corrected chi connectivity index (χ4v) is 2.50. The lowest BCUT2D eigenvalue weighted by atomic mass is 10.1. The van der Waals surface area contributed by atoms with Crippen LogP contribution in [0.1, 0.15) is 12.8 Å². The Morgan fingerprint density at radius 2 is 2.00 bits per heavy atom. The molecule has 1 saturated heterocycles. The Morgan fingerprint density at radius 1 is 1.47 bits per heavy atom. The van der Waals surface area contributed by atoms with Crippen LogP contribution < -0.4 is 5.32 Å². The predicted octanol–water partition coefficient (Wildman–Crippen LogP) is -0.915. The van der Waals surface area contributed by atoms with Gasteiger partial charge >= 0.3 is 5.97 Å². The summed E-state index contributed by atoms with van der Waals surface area (Å²) in [5, 5.41) is 11.3. The van der Waals surface area contributed by atoms with Crippen molar-refractivity contribution >= 4 is 16.0 Å². The monoisotopic (exact) mass is 236 g/mol. The zero-order chi connectivity index (χ0) is 11.5. The normalized spacial score (nSPS) is 20.3. The second-order valence-corrected chi connectivity index (χ2v) is 5.69. The summed E-state index contributed by atoms with van der Waals surface area (Å²) in [5.74, 6) is -0.888. The lowest BCUT2D eigenvalue weighted by Crippen LogP contribution is -2.45. The van der Waals surface area contributed by atoms with Crippen molar-refractivity contribution in [3.8, 4) is 0 Å². The first-order valence-corrected chi connectivity index (χ1v) is 6.64. The number of piperidine rings is 1. The van der Waals surface area contributed by atoms with Gasteiger partial charge in [0.2, 0.25) is 10.0 Å². The fourth-order valence-electron chi connectivity index (χ4n) is 1.62. The molecule has 0 saturated carbocycles. The van der Waals surface area contributed by atoms with Gasteiger partial charge in [0.05, 0.1) is 12.8 Å². The molecule has 0 aliphatic carbocycles. The van der Waals surface area contributed by atoms with Crippen molar-refractivity contribution in [2.75, 3.05) is 25.9 Å². The minimum absolute atomic E-state index is 0.0659. The molecule has 1 aliphatic rings. The Hall–Kier alpha value is -0.660. The lowest BCUT2D eigenvalue weighted by Gasteiger charge is -2.30. The molecule has 0 amide bonds. The molecule has 1 rings (SSSR count). The first kappa shape index (κ1) is 12.4. The number of nitrogens with one attached hydrogen (secondary N) is 1. The van der Waals surface area contributed by atoms with E-state index in [0.29, 0.717) is 25.9 Å². The maximum absolute atomic E-state index is 11.2. The van der Waals surface area contributed by atoms with E-state index in [9.17, 15) is 13.2 Å². The highest BCUT2D eigenvalue weighted by molar-refractivity contribution is 7.88. The van der Waals surface area contributed by atoms with E-state index in [1.807, 2.05) is 0 Å². The first-order valence-electron chi connectivity index (χ1n) is 4.80. The maximum Gasteiger partial charge on any atom is 0.317 e. The number of sulfonamides is 1. The third kappa shape index (κ3) is 4.15. The van der Waals surface area contributed by atoms with Crippen LogP contribution >= 0.6 is 0 Å². The van der Waals surface area contributed by atoms with Crippen molar-refractivity contribution in [3.05, 3.63) is 0 Å². The van der Waals surface area contributed by atoms with Gasteiger partial charge in [-0.1, -0.05) is 0 Å². The molecule has 6 nitrogen and oxygen atoms in total. The third-order valence-electron chi connectivity index (χ3n) is 2.46. The van der Waals surface area contributed by atoms with E-state index in [1.165, 1.54) is 10.6 Å². The van der Waals surface area contributed by atoms with E-state index in [2.05, 4.69) is 5.32 Å². The molecule has 0 spiro atoms. The molecule has 1 aliphatic heterocycles. The van der Waals surface area contributed by atoms with Crippen LogP contribution in [0.5, 0.6) is 0 Å². The van der Waals surface area contributed by atoms with Crippen LogP contribution in [0.4, 0.5) is 0 Å². The number of carboxylic acid groups (broad SMARTS) is 1. The van der Waals surface area contributed by atoms with Crippen molar-refractivity contribution in [2.24, 2.45) is 0 Å². The van der Waals surface area contributed by atoms with Gasteiger partial charge in [0, 0.05) is 19.1 Å². The Bertz CT molecular complexity index is 320. The molecule has 7 heteroatoms. The molecule has 0 aromatic heterocycles. The van der Waals surface area contributed by atoms with Gasteiger partial charge in [-0.05, 0) is 12.8 Å². The van der Waals surface area contributed by atoms with Gasteiger partial charge in [-0.15, -0.1) is 0 Å². The summed E-state index contributed by atoms with van der Waals surface area (Å²) < 4.78 is 23.8. The van der Waals surface area contributed by atoms with Crippen LogP contribution in [0.3, 0.4) is 0 Å². The van der Waals surface area contributed by atoms with Crippen molar-refractivity contribution in [1.82, 2.24) is 9.62 Å². The van der Waals surface area contributed by atoms with Gasteiger partial charge in [0.1, 0.15) is 0 Å². The number of aliphatic carboxylic acids is 1. The highest BCUT2D eigenvalue weighted by Crippen LogP contribution is 2.12. The quantitative estimate of drug-likeness (QED) is 0.659. The van der Waals surface area contributed by atoms with Crippen LogP contribution in [-0.4, -0.2) is 55.7 Å². The second kappa shape index (κ2) is 4.91. The molecule has 1 heterocycles. The van der Waals surface area contributed by atoms with E-state index in [1.54, 1.807) is 0 Å². The van der Waals surface area contributed by atoms with Crippen molar-refractivity contribution in [3.63, 3.8) is 0 Å². The Labute approximate surface area is 89.3 Å². The maximum atomic E-state index is 11.2. The molecule has 1 fully saturated rings. The van der Waals surface area contributed by atoms with E-state index in [4.69, 9.17) is 5.11 Å². The molecule has 0 unspecified atom stereocenters. The summed E-state index contributed by atoms with van der Waals surface area (Å²) in [4.78, 5) is 10.3. The first-order chi connectivity index (χ1) is 6.89. The van der Waals surface area contributed by atoms with Crippen LogP contribution in [0.25, 0.3) is 0 Å². The lowest BCUT2D eigenvalue weighted by molar-refractivity contribution is -0.136. The number of hydrogen-bond donors (Lipinski definition) is 2. The molecule has 0 aromatic rings. The largest absolute Gasteiger partial charge is 0.480 e. The Morgan fingerprint density at radius 3 is 2.40 bits per heavy atom. The van der Waals surface area contributed by atoms with E-state index >= 15 is 0 Å². The van der Waals surface area contributed by atoms with Crippen LogP contribution in [0, 0.1) is 0 Å². The topological polar surface area (TPSA) is 86.7 Å². The smallest absolute Gasteiger partial charge is 0.317 e. The average molecular weight is 236 g/mol. The predicted molar refractivity (Wildman–Crippen MR) is 55.1 cm³/mol. The third-order valence-corrected chi connectivity index (χ3v) is 3.77. The fraction of sp³-hybridized carbons (Fsp3) is 0.875. The highest BCUT2D eigenvalue weighted by atomic mass is 32.2. The zero-order valence-corrected chi connectivity index (χ0v) is 9.46. The van der Waals surface area contributed by atoms with Crippen molar-refractivity contribution in [1.29, 1.82) is 0 Å². The highest BCUT2D eigenvalue weighted by Gasteiger charge is 2.24. The second-order valence-electron chi connectivity index (χ2n) is 3.71. The standard InChI is InChI=1S/C8H16N2O4S/c1-15(13,14)10-4-2-7(3-5-10)9-6-8(11)12/h7,9H,2-6H2,1H3,(H,11,12). The minimum atomic E-state index is -3.09. The Kier molecular flexibility index (Phi) is 4.06. The van der Waals surface area contributed by atoms with Crippen LogP contribution in [-0.2, 0) is 14.8 Å². The summed E-state index contributed by atoms with van der Waals surface area (Å²) in [7, 11) is -3.09. The van der Waals surface area contributed by atoms with Gasteiger partial charge in [0.25, 0.3) is 0 Å². The number of carboxylic acids is 1.